The lowest BCUT2D eigenvalue weighted by Crippen LogP contribution is -2.29. The Morgan fingerprint density at radius 1 is 1.09 bits per heavy atom. The fourth-order valence-corrected chi connectivity index (χ4v) is 3.31. The number of aliphatic carboxylic acids is 1. The van der Waals surface area contributed by atoms with Gasteiger partial charge < -0.3 is 19.3 Å². The molecule has 174 valence electrons. The number of anilines is 1. The third kappa shape index (κ3) is 6.92. The second-order valence-corrected chi connectivity index (χ2v) is 7.72. The number of aromatic nitrogens is 1. The predicted octanol–water partition coefficient (Wildman–Crippen LogP) is 4.80. The van der Waals surface area contributed by atoms with Gasteiger partial charge in [-0.05, 0) is 50.6 Å². The lowest BCUT2D eigenvalue weighted by Gasteiger charge is -2.18. The first-order valence-electron chi connectivity index (χ1n) is 10.8. The van der Waals surface area contributed by atoms with Crippen molar-refractivity contribution in [1.82, 2.24) is 4.98 Å². The van der Waals surface area contributed by atoms with E-state index in [1.54, 1.807) is 38.2 Å². The molecule has 8 heteroatoms. The van der Waals surface area contributed by atoms with E-state index >= 15 is 0 Å². The Morgan fingerprint density at radius 3 is 2.61 bits per heavy atom. The van der Waals surface area contributed by atoms with E-state index in [2.05, 4.69) is 10.3 Å². The van der Waals surface area contributed by atoms with Crippen LogP contribution in [0.15, 0.2) is 54.7 Å². The topological polar surface area (TPSA) is 107 Å². The third-order valence-corrected chi connectivity index (χ3v) is 4.73. The summed E-state index contributed by atoms with van der Waals surface area (Å²) in [6.07, 6.45) is -0.0710. The molecule has 1 atom stereocenters. The number of hydrogen-bond acceptors (Lipinski definition) is 6. The normalized spacial score (nSPS) is 11.9. The van der Waals surface area contributed by atoms with Crippen LogP contribution in [0.2, 0.25) is 0 Å². The number of benzene rings is 2. The third-order valence-electron chi connectivity index (χ3n) is 4.73. The molecule has 2 N–H and O–H groups in total. The molecule has 0 spiro atoms. The largest absolute Gasteiger partial charge is 0.492 e. The van der Waals surface area contributed by atoms with E-state index in [9.17, 15) is 14.7 Å². The van der Waals surface area contributed by atoms with Crippen LogP contribution in [0.3, 0.4) is 0 Å². The van der Waals surface area contributed by atoms with Crippen LogP contribution in [0.25, 0.3) is 10.9 Å². The van der Waals surface area contributed by atoms with Crippen LogP contribution in [0.1, 0.15) is 31.9 Å². The summed E-state index contributed by atoms with van der Waals surface area (Å²) in [5.74, 6) is -0.585. The molecule has 3 rings (SSSR count). The van der Waals surface area contributed by atoms with Gasteiger partial charge >= 0.3 is 12.1 Å². The SMILES string of the molecule is CCOc1ccc(CC(OC(C)C)C(=O)O)cc1NC(=O)OCc1cnc2ccccc2c1. The summed E-state index contributed by atoms with van der Waals surface area (Å²) < 4.78 is 16.4. The van der Waals surface area contributed by atoms with Gasteiger partial charge in [-0.1, -0.05) is 24.3 Å². The number of ether oxygens (including phenoxy) is 3. The smallest absolute Gasteiger partial charge is 0.412 e. The zero-order valence-electron chi connectivity index (χ0n) is 18.9. The Labute approximate surface area is 192 Å². The minimum absolute atomic E-state index is 0.0522. The minimum Gasteiger partial charge on any atom is -0.492 e. The molecule has 0 aliphatic carbocycles. The molecule has 3 aromatic rings. The van der Waals surface area contributed by atoms with Gasteiger partial charge in [-0.2, -0.15) is 0 Å². The molecule has 1 heterocycles. The van der Waals surface area contributed by atoms with Gasteiger partial charge in [-0.25, -0.2) is 9.59 Å². The minimum atomic E-state index is -1.05. The molecule has 0 bridgehead atoms. The lowest BCUT2D eigenvalue weighted by molar-refractivity contribution is -0.153. The Kier molecular flexibility index (Phi) is 8.21. The number of pyridine rings is 1. The van der Waals surface area contributed by atoms with Gasteiger partial charge in [0.25, 0.3) is 0 Å². The van der Waals surface area contributed by atoms with E-state index in [1.165, 1.54) is 0 Å². The fourth-order valence-electron chi connectivity index (χ4n) is 3.31. The molecule has 1 amide bonds. The van der Waals surface area contributed by atoms with Crippen molar-refractivity contribution in [3.05, 3.63) is 65.9 Å². The lowest BCUT2D eigenvalue weighted by atomic mass is 10.1. The van der Waals surface area contributed by atoms with E-state index in [-0.39, 0.29) is 19.1 Å². The molecule has 0 saturated carbocycles. The Bertz CT molecular complexity index is 1120. The van der Waals surface area contributed by atoms with Crippen molar-refractivity contribution in [1.29, 1.82) is 0 Å². The van der Waals surface area contributed by atoms with Crippen LogP contribution in [0.5, 0.6) is 5.75 Å². The summed E-state index contributed by atoms with van der Waals surface area (Å²) in [5.41, 5.74) is 2.70. The van der Waals surface area contributed by atoms with Crippen molar-refractivity contribution >= 4 is 28.7 Å². The van der Waals surface area contributed by atoms with Gasteiger partial charge in [-0.15, -0.1) is 0 Å². The number of nitrogens with zero attached hydrogens (tertiary/aromatic N) is 1. The van der Waals surface area contributed by atoms with Gasteiger partial charge in [0, 0.05) is 23.6 Å². The molecule has 0 saturated heterocycles. The van der Waals surface area contributed by atoms with Crippen LogP contribution in [0, 0.1) is 0 Å². The number of nitrogens with one attached hydrogen (secondary N) is 1. The molecule has 1 aromatic heterocycles. The van der Waals surface area contributed by atoms with E-state index < -0.39 is 18.2 Å². The summed E-state index contributed by atoms with van der Waals surface area (Å²) in [5, 5.41) is 13.1. The van der Waals surface area contributed by atoms with Crippen molar-refractivity contribution < 1.29 is 28.9 Å². The number of carboxylic acid groups (broad SMARTS) is 1. The maximum atomic E-state index is 12.5. The van der Waals surface area contributed by atoms with Gasteiger partial charge in [0.1, 0.15) is 12.4 Å². The maximum absolute atomic E-state index is 12.5. The molecule has 1 unspecified atom stereocenters. The Morgan fingerprint density at radius 2 is 1.88 bits per heavy atom. The van der Waals surface area contributed by atoms with Gasteiger partial charge in [0.05, 0.1) is 23.9 Å². The number of carbonyl (C=O) groups is 2. The van der Waals surface area contributed by atoms with E-state index in [0.717, 1.165) is 16.5 Å². The van der Waals surface area contributed by atoms with Crippen LogP contribution in [0.4, 0.5) is 10.5 Å². The summed E-state index contributed by atoms with van der Waals surface area (Å²) >= 11 is 0. The first-order valence-corrected chi connectivity index (χ1v) is 10.8. The average molecular weight is 453 g/mol. The fraction of sp³-hybridized carbons (Fsp3) is 0.320. The number of fused-ring (bicyclic) bond motifs is 1. The maximum Gasteiger partial charge on any atom is 0.412 e. The highest BCUT2D eigenvalue weighted by Crippen LogP contribution is 2.27. The van der Waals surface area contributed by atoms with Crippen LogP contribution >= 0.6 is 0 Å². The highest BCUT2D eigenvalue weighted by atomic mass is 16.5. The predicted molar refractivity (Wildman–Crippen MR) is 125 cm³/mol. The number of amides is 1. The zero-order valence-corrected chi connectivity index (χ0v) is 18.9. The van der Waals surface area contributed by atoms with Crippen LogP contribution in [-0.2, 0) is 27.3 Å². The van der Waals surface area contributed by atoms with Crippen molar-refractivity contribution in [2.24, 2.45) is 0 Å². The van der Waals surface area contributed by atoms with E-state index in [0.29, 0.717) is 23.6 Å². The van der Waals surface area contributed by atoms with E-state index in [1.807, 2.05) is 37.3 Å². The standard InChI is InChI=1S/C25H28N2O6/c1-4-31-22-10-9-17(13-23(24(28)29)33-16(2)3)12-21(22)27-25(30)32-15-18-11-19-7-5-6-8-20(19)26-14-18/h5-12,14,16,23H,4,13,15H2,1-3H3,(H,27,30)(H,28,29). The van der Waals surface area contributed by atoms with Crippen LogP contribution < -0.4 is 10.1 Å². The van der Waals surface area contributed by atoms with Crippen LogP contribution in [-0.4, -0.2) is 41.0 Å². The molecule has 0 fully saturated rings. The Balaban J connectivity index is 1.69. The summed E-state index contributed by atoms with van der Waals surface area (Å²) in [6.45, 7) is 5.85. The first kappa shape index (κ1) is 24.0. The number of carboxylic acids is 1. The van der Waals surface area contributed by atoms with Crippen molar-refractivity contribution in [3.8, 4) is 5.75 Å². The molecule has 0 aliphatic rings. The number of hydrogen-bond donors (Lipinski definition) is 2. The van der Waals surface area contributed by atoms with Crippen molar-refractivity contribution in [2.45, 2.75) is 46.0 Å². The van der Waals surface area contributed by atoms with Gasteiger partial charge in [0.15, 0.2) is 6.10 Å². The first-order chi connectivity index (χ1) is 15.9. The highest BCUT2D eigenvalue weighted by molar-refractivity contribution is 5.87. The highest BCUT2D eigenvalue weighted by Gasteiger charge is 2.21. The molecule has 0 radical (unpaired) electrons. The monoisotopic (exact) mass is 452 g/mol. The number of para-hydroxylation sites is 1. The molecule has 33 heavy (non-hydrogen) atoms. The summed E-state index contributed by atoms with van der Waals surface area (Å²) in [7, 11) is 0. The second kappa shape index (κ2) is 11.3. The average Bonchev–Trinajstić information content (AvgIpc) is 2.78. The molecule has 0 aliphatic heterocycles. The van der Waals surface area contributed by atoms with Gasteiger partial charge in [0.2, 0.25) is 0 Å². The quantitative estimate of drug-likeness (QED) is 0.455. The molecule has 8 nitrogen and oxygen atoms in total. The van der Waals surface area contributed by atoms with Crippen molar-refractivity contribution in [2.75, 3.05) is 11.9 Å². The molecular weight excluding hydrogens is 424 g/mol. The molecule has 2 aromatic carbocycles. The second-order valence-electron chi connectivity index (χ2n) is 7.72. The summed E-state index contributed by atoms with van der Waals surface area (Å²) in [6, 6.07) is 14.7. The van der Waals surface area contributed by atoms with Crippen molar-refractivity contribution in [3.63, 3.8) is 0 Å². The Hall–Kier alpha value is -3.65. The molecular formula is C25H28N2O6. The number of carbonyl (C=O) groups excluding carboxylic acids is 1. The van der Waals surface area contributed by atoms with E-state index in [4.69, 9.17) is 14.2 Å². The van der Waals surface area contributed by atoms with Gasteiger partial charge in [-0.3, -0.25) is 10.3 Å². The number of rotatable bonds is 10. The zero-order chi connectivity index (χ0) is 23.8. The summed E-state index contributed by atoms with van der Waals surface area (Å²) in [4.78, 5) is 28.4.